The van der Waals surface area contributed by atoms with Crippen molar-refractivity contribution >= 4 is 35.0 Å². The Balaban J connectivity index is 1.77. The van der Waals surface area contributed by atoms with Crippen molar-refractivity contribution in [1.82, 2.24) is 9.97 Å². The van der Waals surface area contributed by atoms with E-state index in [4.69, 9.17) is 11.6 Å². The number of ether oxygens (including phenoxy) is 1. The lowest BCUT2D eigenvalue weighted by Gasteiger charge is -2.09. The molecule has 1 saturated carbocycles. The first-order chi connectivity index (χ1) is 11.6. The first-order valence-corrected chi connectivity index (χ1v) is 7.72. The van der Waals surface area contributed by atoms with Gasteiger partial charge in [0.2, 0.25) is 0 Å². The minimum Gasteiger partial charge on any atom is -0.465 e. The smallest absolute Gasteiger partial charge is 0.337 e. The molecule has 0 unspecified atom stereocenters. The lowest BCUT2D eigenvalue weighted by atomic mass is 10.2. The number of hydrogen-bond donors (Lipinski definition) is 2. The largest absolute Gasteiger partial charge is 0.465 e. The van der Waals surface area contributed by atoms with Crippen LogP contribution in [-0.4, -0.2) is 35.0 Å². The number of anilines is 2. The standard InChI is InChI=1S/C16H15ClN4O3/c1-24-16(23)9-2-5-11(17)12(6-9)21-15(22)13-7-14(19-8-18-13)20-10-3-4-10/h2,5-8,10H,3-4H2,1H3,(H,21,22)(H,18,19,20). The second-order valence-electron chi connectivity index (χ2n) is 5.35. The highest BCUT2D eigenvalue weighted by molar-refractivity contribution is 6.34. The third-order valence-corrected chi connectivity index (χ3v) is 3.79. The van der Waals surface area contributed by atoms with E-state index in [9.17, 15) is 9.59 Å². The summed E-state index contributed by atoms with van der Waals surface area (Å²) < 4.78 is 4.66. The van der Waals surface area contributed by atoms with Gasteiger partial charge in [0, 0.05) is 12.1 Å². The second-order valence-corrected chi connectivity index (χ2v) is 5.75. The summed E-state index contributed by atoms with van der Waals surface area (Å²) >= 11 is 6.07. The summed E-state index contributed by atoms with van der Waals surface area (Å²) in [7, 11) is 1.28. The molecule has 1 aromatic carbocycles. The Morgan fingerprint density at radius 1 is 1.25 bits per heavy atom. The average Bonchev–Trinajstić information content (AvgIpc) is 3.40. The van der Waals surface area contributed by atoms with Gasteiger partial charge in [-0.25, -0.2) is 14.8 Å². The molecule has 124 valence electrons. The number of rotatable bonds is 5. The molecule has 24 heavy (non-hydrogen) atoms. The van der Waals surface area contributed by atoms with Crippen LogP contribution in [0.5, 0.6) is 0 Å². The Morgan fingerprint density at radius 3 is 2.75 bits per heavy atom. The van der Waals surface area contributed by atoms with E-state index in [-0.39, 0.29) is 11.3 Å². The molecule has 1 fully saturated rings. The van der Waals surface area contributed by atoms with Crippen LogP contribution in [0.15, 0.2) is 30.6 Å². The molecule has 1 aliphatic rings. The van der Waals surface area contributed by atoms with Crippen molar-refractivity contribution in [3.63, 3.8) is 0 Å². The van der Waals surface area contributed by atoms with Crippen molar-refractivity contribution < 1.29 is 14.3 Å². The number of hydrogen-bond acceptors (Lipinski definition) is 6. The van der Waals surface area contributed by atoms with Crippen LogP contribution in [0.3, 0.4) is 0 Å². The van der Waals surface area contributed by atoms with Crippen LogP contribution >= 0.6 is 11.6 Å². The van der Waals surface area contributed by atoms with Crippen LogP contribution in [0, 0.1) is 0 Å². The second kappa shape index (κ2) is 6.84. The monoisotopic (exact) mass is 346 g/mol. The highest BCUT2D eigenvalue weighted by Gasteiger charge is 2.22. The Kier molecular flexibility index (Phi) is 4.61. The van der Waals surface area contributed by atoms with Crippen LogP contribution in [0.4, 0.5) is 11.5 Å². The van der Waals surface area contributed by atoms with Crippen molar-refractivity contribution in [2.45, 2.75) is 18.9 Å². The van der Waals surface area contributed by atoms with Crippen LogP contribution in [-0.2, 0) is 4.74 Å². The molecule has 3 rings (SSSR count). The highest BCUT2D eigenvalue weighted by Crippen LogP contribution is 2.25. The van der Waals surface area contributed by atoms with E-state index in [0.717, 1.165) is 12.8 Å². The van der Waals surface area contributed by atoms with Crippen molar-refractivity contribution in [2.24, 2.45) is 0 Å². The van der Waals surface area contributed by atoms with Crippen LogP contribution in [0.25, 0.3) is 0 Å². The van der Waals surface area contributed by atoms with E-state index in [0.29, 0.717) is 22.6 Å². The van der Waals surface area contributed by atoms with Gasteiger partial charge >= 0.3 is 5.97 Å². The number of aromatic nitrogens is 2. The van der Waals surface area contributed by atoms with E-state index in [1.54, 1.807) is 6.07 Å². The summed E-state index contributed by atoms with van der Waals surface area (Å²) in [5.41, 5.74) is 0.795. The molecule has 8 heteroatoms. The summed E-state index contributed by atoms with van der Waals surface area (Å²) in [4.78, 5) is 32.0. The first-order valence-electron chi connectivity index (χ1n) is 7.34. The summed E-state index contributed by atoms with van der Waals surface area (Å²) in [6, 6.07) is 6.49. The summed E-state index contributed by atoms with van der Waals surface area (Å²) in [5, 5.41) is 6.15. The number of methoxy groups -OCH3 is 1. The van der Waals surface area contributed by atoms with Crippen LogP contribution in [0.1, 0.15) is 33.7 Å². The number of amides is 1. The number of halogens is 1. The van der Waals surface area contributed by atoms with E-state index in [1.165, 1.54) is 31.6 Å². The van der Waals surface area contributed by atoms with Crippen molar-refractivity contribution in [1.29, 1.82) is 0 Å². The summed E-state index contributed by atoms with van der Waals surface area (Å²) in [6.07, 6.45) is 3.52. The maximum Gasteiger partial charge on any atom is 0.337 e. The lowest BCUT2D eigenvalue weighted by Crippen LogP contribution is -2.16. The van der Waals surface area contributed by atoms with Gasteiger partial charge in [-0.1, -0.05) is 11.6 Å². The highest BCUT2D eigenvalue weighted by atomic mass is 35.5. The fourth-order valence-corrected chi connectivity index (χ4v) is 2.21. The zero-order valence-electron chi connectivity index (χ0n) is 12.9. The molecule has 7 nitrogen and oxygen atoms in total. The van der Waals surface area contributed by atoms with Crippen LogP contribution < -0.4 is 10.6 Å². The molecule has 0 aliphatic heterocycles. The molecule has 2 N–H and O–H groups in total. The molecule has 0 spiro atoms. The third-order valence-electron chi connectivity index (χ3n) is 3.46. The van der Waals surface area contributed by atoms with Crippen molar-refractivity contribution in [3.8, 4) is 0 Å². The molecular formula is C16H15ClN4O3. The Hall–Kier alpha value is -2.67. The predicted molar refractivity (Wildman–Crippen MR) is 89.4 cm³/mol. The number of carbonyl (C=O) groups excluding carboxylic acids is 2. The lowest BCUT2D eigenvalue weighted by molar-refractivity contribution is 0.0600. The number of esters is 1. The molecule has 1 amide bonds. The summed E-state index contributed by atoms with van der Waals surface area (Å²) in [6.45, 7) is 0. The molecule has 0 bridgehead atoms. The summed E-state index contributed by atoms with van der Waals surface area (Å²) in [5.74, 6) is -0.354. The fourth-order valence-electron chi connectivity index (χ4n) is 2.05. The Morgan fingerprint density at radius 2 is 2.04 bits per heavy atom. The molecule has 0 saturated heterocycles. The topological polar surface area (TPSA) is 93.2 Å². The quantitative estimate of drug-likeness (QED) is 0.808. The number of nitrogens with zero attached hydrogens (tertiary/aromatic N) is 2. The zero-order chi connectivity index (χ0) is 17.1. The van der Waals surface area contributed by atoms with Crippen molar-refractivity contribution in [3.05, 3.63) is 46.9 Å². The van der Waals surface area contributed by atoms with Gasteiger partial charge in [0.1, 0.15) is 17.8 Å². The minimum atomic E-state index is -0.514. The number of carbonyl (C=O) groups is 2. The minimum absolute atomic E-state index is 0.202. The number of nitrogens with one attached hydrogen (secondary N) is 2. The van der Waals surface area contributed by atoms with Gasteiger partial charge in [-0.15, -0.1) is 0 Å². The molecular weight excluding hydrogens is 332 g/mol. The average molecular weight is 347 g/mol. The van der Waals surface area contributed by atoms with Gasteiger partial charge in [-0.2, -0.15) is 0 Å². The molecule has 2 aromatic rings. The van der Waals surface area contributed by atoms with Gasteiger partial charge in [-0.05, 0) is 31.0 Å². The third kappa shape index (κ3) is 3.80. The molecule has 1 heterocycles. The van der Waals surface area contributed by atoms with E-state index in [1.807, 2.05) is 0 Å². The first kappa shape index (κ1) is 16.2. The van der Waals surface area contributed by atoms with Gasteiger partial charge in [0.15, 0.2) is 0 Å². The zero-order valence-corrected chi connectivity index (χ0v) is 13.6. The molecule has 1 aliphatic carbocycles. The van der Waals surface area contributed by atoms with E-state index < -0.39 is 11.9 Å². The fraction of sp³-hybridized carbons (Fsp3) is 0.250. The Bertz CT molecular complexity index is 793. The molecule has 0 atom stereocenters. The van der Waals surface area contributed by atoms with Crippen LogP contribution in [0.2, 0.25) is 5.02 Å². The van der Waals surface area contributed by atoms with Gasteiger partial charge in [-0.3, -0.25) is 4.79 Å². The molecule has 1 aromatic heterocycles. The van der Waals surface area contributed by atoms with E-state index >= 15 is 0 Å². The maximum atomic E-state index is 12.4. The maximum absolute atomic E-state index is 12.4. The predicted octanol–water partition coefficient (Wildman–Crippen LogP) is 2.74. The molecule has 0 radical (unpaired) electrons. The van der Waals surface area contributed by atoms with E-state index in [2.05, 4.69) is 25.3 Å². The van der Waals surface area contributed by atoms with Gasteiger partial charge in [0.05, 0.1) is 23.4 Å². The normalized spacial score (nSPS) is 13.2. The van der Waals surface area contributed by atoms with Gasteiger partial charge < -0.3 is 15.4 Å². The Labute approximate surface area is 143 Å². The number of benzene rings is 1. The van der Waals surface area contributed by atoms with Crippen molar-refractivity contribution in [2.75, 3.05) is 17.7 Å². The SMILES string of the molecule is COC(=O)c1ccc(Cl)c(NC(=O)c2cc(NC3CC3)ncn2)c1. The van der Waals surface area contributed by atoms with Gasteiger partial charge in [0.25, 0.3) is 5.91 Å².